The monoisotopic (exact) mass is 388 g/mol. The van der Waals surface area contributed by atoms with Crippen LogP contribution in [0.3, 0.4) is 0 Å². The second-order valence-corrected chi connectivity index (χ2v) is 5.68. The molecule has 5 nitrogen and oxygen atoms in total. The van der Waals surface area contributed by atoms with Crippen molar-refractivity contribution >= 4 is 39.4 Å². The van der Waals surface area contributed by atoms with E-state index in [0.717, 1.165) is 3.57 Å². The number of benzene rings is 2. The zero-order valence-corrected chi connectivity index (χ0v) is 12.9. The molecule has 0 spiro atoms. The molecule has 6 heteroatoms. The number of fused-ring (bicyclic) bond motifs is 1. The largest absolute Gasteiger partial charge is 0.369 e. The van der Waals surface area contributed by atoms with Crippen molar-refractivity contribution in [1.29, 1.82) is 5.26 Å². The summed E-state index contributed by atoms with van der Waals surface area (Å²) in [5, 5.41) is 9.47. The van der Waals surface area contributed by atoms with Gasteiger partial charge in [-0.25, -0.2) is 9.55 Å². The molecule has 0 saturated heterocycles. The highest BCUT2D eigenvalue weighted by Crippen LogP contribution is 2.17. The summed E-state index contributed by atoms with van der Waals surface area (Å²) in [6.45, 7) is 0. The van der Waals surface area contributed by atoms with E-state index in [1.807, 2.05) is 12.1 Å². The topological polar surface area (TPSA) is 84.7 Å². The third-order valence-corrected chi connectivity index (χ3v) is 3.76. The van der Waals surface area contributed by atoms with E-state index in [1.165, 1.54) is 4.57 Å². The first-order valence-electron chi connectivity index (χ1n) is 6.08. The molecule has 3 rings (SSSR count). The fraction of sp³-hybridized carbons (Fsp3) is 0. The molecular formula is C15H9IN4O. The van der Waals surface area contributed by atoms with E-state index in [2.05, 4.69) is 27.6 Å². The van der Waals surface area contributed by atoms with Crippen molar-refractivity contribution in [2.75, 3.05) is 5.73 Å². The number of nitrogens with zero attached hydrogens (tertiary/aromatic N) is 3. The molecule has 0 atom stereocenters. The van der Waals surface area contributed by atoms with E-state index in [9.17, 15) is 4.79 Å². The molecule has 1 heterocycles. The average Bonchev–Trinajstić information content (AvgIpc) is 2.48. The predicted octanol–water partition coefficient (Wildman–Crippen LogP) is 2.44. The number of hydrogen-bond donors (Lipinski definition) is 1. The average molecular weight is 388 g/mol. The van der Waals surface area contributed by atoms with Gasteiger partial charge in [-0.1, -0.05) is 6.07 Å². The molecule has 2 N–H and O–H groups in total. The van der Waals surface area contributed by atoms with E-state index < -0.39 is 0 Å². The maximum Gasteiger partial charge on any atom is 0.267 e. The van der Waals surface area contributed by atoms with Crippen LogP contribution in [0, 0.1) is 14.9 Å². The number of rotatable bonds is 1. The number of nitrogen functional groups attached to an aromatic ring is 1. The van der Waals surface area contributed by atoms with Gasteiger partial charge < -0.3 is 5.73 Å². The number of anilines is 1. The van der Waals surface area contributed by atoms with Crippen molar-refractivity contribution in [3.63, 3.8) is 0 Å². The predicted molar refractivity (Wildman–Crippen MR) is 89.2 cm³/mol. The molecular weight excluding hydrogens is 379 g/mol. The Morgan fingerprint density at radius 2 is 2.05 bits per heavy atom. The Hall–Kier alpha value is -2.40. The normalized spacial score (nSPS) is 10.5. The molecule has 0 aliphatic carbocycles. The smallest absolute Gasteiger partial charge is 0.267 e. The first-order chi connectivity index (χ1) is 10.1. The van der Waals surface area contributed by atoms with Gasteiger partial charge in [0.05, 0.1) is 28.2 Å². The molecule has 0 radical (unpaired) electrons. The summed E-state index contributed by atoms with van der Waals surface area (Å²) in [7, 11) is 0. The van der Waals surface area contributed by atoms with Crippen molar-refractivity contribution in [1.82, 2.24) is 9.55 Å². The van der Waals surface area contributed by atoms with E-state index >= 15 is 0 Å². The van der Waals surface area contributed by atoms with Gasteiger partial charge in [0.2, 0.25) is 5.95 Å². The second-order valence-electron chi connectivity index (χ2n) is 4.43. The summed E-state index contributed by atoms with van der Waals surface area (Å²) in [5.74, 6) is 0.101. The van der Waals surface area contributed by atoms with Crippen LogP contribution in [0.2, 0.25) is 0 Å². The standard InChI is InChI=1S/C15H9IN4O/c16-10-4-5-13-12(7-10)14(21)20(15(18)19-13)11-3-1-2-9(6-11)8-17/h1-7H,(H2,18,19). The Morgan fingerprint density at radius 3 is 2.81 bits per heavy atom. The van der Waals surface area contributed by atoms with Crippen LogP contribution in [-0.2, 0) is 0 Å². The Balaban J connectivity index is 2.37. The molecule has 0 saturated carbocycles. The number of aromatic nitrogens is 2. The minimum atomic E-state index is -0.244. The van der Waals surface area contributed by atoms with E-state index in [-0.39, 0.29) is 11.5 Å². The van der Waals surface area contributed by atoms with Crippen LogP contribution < -0.4 is 11.3 Å². The molecule has 0 aliphatic heterocycles. The first kappa shape index (κ1) is 13.6. The lowest BCUT2D eigenvalue weighted by molar-refractivity contribution is 0.981. The lowest BCUT2D eigenvalue weighted by Crippen LogP contribution is -2.23. The summed E-state index contributed by atoms with van der Waals surface area (Å²) < 4.78 is 2.26. The molecule has 3 aromatic rings. The number of nitriles is 1. The van der Waals surface area contributed by atoms with Crippen molar-refractivity contribution in [2.24, 2.45) is 0 Å². The van der Waals surface area contributed by atoms with Crippen LogP contribution in [0.1, 0.15) is 5.56 Å². The Bertz CT molecular complexity index is 956. The molecule has 1 aromatic heterocycles. The number of hydrogen-bond acceptors (Lipinski definition) is 4. The highest BCUT2D eigenvalue weighted by Gasteiger charge is 2.11. The third-order valence-electron chi connectivity index (χ3n) is 3.09. The van der Waals surface area contributed by atoms with Crippen molar-refractivity contribution < 1.29 is 0 Å². The highest BCUT2D eigenvalue weighted by molar-refractivity contribution is 14.1. The lowest BCUT2D eigenvalue weighted by Gasteiger charge is -2.10. The Labute approximate surface area is 133 Å². The maximum atomic E-state index is 12.7. The van der Waals surface area contributed by atoms with Gasteiger partial charge in [-0.05, 0) is 59.0 Å². The van der Waals surface area contributed by atoms with E-state index in [1.54, 1.807) is 36.4 Å². The van der Waals surface area contributed by atoms with Gasteiger partial charge in [-0.3, -0.25) is 4.79 Å². The number of halogens is 1. The van der Waals surface area contributed by atoms with Gasteiger partial charge in [0.15, 0.2) is 0 Å². The SMILES string of the molecule is N#Cc1cccc(-n2c(N)nc3ccc(I)cc3c2=O)c1. The molecule has 0 amide bonds. The van der Waals surface area contributed by atoms with E-state index in [4.69, 9.17) is 11.0 Å². The molecule has 0 bridgehead atoms. The molecule has 0 aliphatic rings. The zero-order valence-electron chi connectivity index (χ0n) is 10.7. The molecule has 102 valence electrons. The fourth-order valence-corrected chi connectivity index (χ4v) is 2.63. The van der Waals surface area contributed by atoms with Crippen LogP contribution in [0.5, 0.6) is 0 Å². The summed E-state index contributed by atoms with van der Waals surface area (Å²) in [4.78, 5) is 16.9. The van der Waals surface area contributed by atoms with Gasteiger partial charge in [-0.2, -0.15) is 5.26 Å². The zero-order chi connectivity index (χ0) is 15.0. The minimum Gasteiger partial charge on any atom is -0.369 e. The van der Waals surface area contributed by atoms with Gasteiger partial charge in [0.1, 0.15) is 0 Å². The van der Waals surface area contributed by atoms with Gasteiger partial charge in [-0.15, -0.1) is 0 Å². The second kappa shape index (κ2) is 5.18. The fourth-order valence-electron chi connectivity index (χ4n) is 2.14. The summed E-state index contributed by atoms with van der Waals surface area (Å²) in [6.07, 6.45) is 0. The van der Waals surface area contributed by atoms with E-state index in [0.29, 0.717) is 22.2 Å². The molecule has 0 unspecified atom stereocenters. The lowest BCUT2D eigenvalue weighted by atomic mass is 10.2. The Kier molecular flexibility index (Phi) is 3.35. The van der Waals surface area contributed by atoms with Gasteiger partial charge >= 0.3 is 0 Å². The highest BCUT2D eigenvalue weighted by atomic mass is 127. The third kappa shape index (κ3) is 2.36. The van der Waals surface area contributed by atoms with Crippen molar-refractivity contribution in [2.45, 2.75) is 0 Å². The number of nitrogens with two attached hydrogens (primary N) is 1. The van der Waals surface area contributed by atoms with Gasteiger partial charge in [0, 0.05) is 3.57 Å². The van der Waals surface area contributed by atoms with Crippen molar-refractivity contribution in [3.8, 4) is 11.8 Å². The molecule has 21 heavy (non-hydrogen) atoms. The quantitative estimate of drug-likeness (QED) is 0.649. The van der Waals surface area contributed by atoms with Crippen molar-refractivity contribution in [3.05, 3.63) is 62.0 Å². The maximum absolute atomic E-state index is 12.7. The van der Waals surface area contributed by atoms with Crippen LogP contribution in [0.15, 0.2) is 47.3 Å². The minimum absolute atomic E-state index is 0.101. The molecule has 2 aromatic carbocycles. The summed E-state index contributed by atoms with van der Waals surface area (Å²) in [5.41, 5.74) is 7.22. The van der Waals surface area contributed by atoms with Gasteiger partial charge in [0.25, 0.3) is 5.56 Å². The van der Waals surface area contributed by atoms with Crippen LogP contribution in [-0.4, -0.2) is 9.55 Å². The summed E-state index contributed by atoms with van der Waals surface area (Å²) >= 11 is 2.14. The van der Waals surface area contributed by atoms with Crippen LogP contribution in [0.25, 0.3) is 16.6 Å². The summed E-state index contributed by atoms with van der Waals surface area (Å²) in [6, 6.07) is 14.2. The van der Waals surface area contributed by atoms with Crippen LogP contribution >= 0.6 is 22.6 Å². The Morgan fingerprint density at radius 1 is 1.24 bits per heavy atom. The molecule has 0 fully saturated rings. The van der Waals surface area contributed by atoms with Crippen LogP contribution in [0.4, 0.5) is 5.95 Å². The first-order valence-corrected chi connectivity index (χ1v) is 7.16.